The van der Waals surface area contributed by atoms with E-state index < -0.39 is 0 Å². The number of aromatic nitrogens is 1. The maximum Gasteiger partial charge on any atom is 0.340 e. The molecule has 4 rings (SSSR count). The van der Waals surface area contributed by atoms with Crippen LogP contribution in [0.15, 0.2) is 54.6 Å². The molecule has 1 aliphatic heterocycles. The highest BCUT2D eigenvalue weighted by molar-refractivity contribution is 6.07. The number of carbonyl (C=O) groups excluding carboxylic acids is 1. The predicted molar refractivity (Wildman–Crippen MR) is 125 cm³/mol. The fraction of sp³-hybridized carbons (Fsp3) is 0.385. The molecule has 2 aromatic carbocycles. The van der Waals surface area contributed by atoms with Crippen molar-refractivity contribution in [3.8, 4) is 11.1 Å². The van der Waals surface area contributed by atoms with E-state index in [0.717, 1.165) is 53.7 Å². The Kier molecular flexibility index (Phi) is 6.64. The second-order valence-corrected chi connectivity index (χ2v) is 8.56. The van der Waals surface area contributed by atoms with E-state index in [1.54, 1.807) is 0 Å². The summed E-state index contributed by atoms with van der Waals surface area (Å²) < 4.78 is 5.23. The first-order chi connectivity index (χ1) is 15.1. The molecule has 5 heteroatoms. The number of piperidine rings is 1. The maximum atomic E-state index is 13.0. The Bertz CT molecular complexity index is 1040. The van der Waals surface area contributed by atoms with Gasteiger partial charge in [-0.1, -0.05) is 62.4 Å². The lowest BCUT2D eigenvalue weighted by atomic mass is 9.93. The lowest BCUT2D eigenvalue weighted by molar-refractivity contribution is 0.0598. The lowest BCUT2D eigenvalue weighted by Crippen LogP contribution is -2.44. The number of nitrogens with one attached hydrogen (secondary N) is 1. The van der Waals surface area contributed by atoms with Gasteiger partial charge in [-0.2, -0.15) is 0 Å². The molecule has 0 saturated carbocycles. The van der Waals surface area contributed by atoms with Crippen molar-refractivity contribution in [2.45, 2.75) is 45.3 Å². The van der Waals surface area contributed by atoms with Gasteiger partial charge in [0.15, 0.2) is 0 Å². The van der Waals surface area contributed by atoms with E-state index in [1.807, 2.05) is 54.6 Å². The molecule has 31 heavy (non-hydrogen) atoms. The molecule has 1 fully saturated rings. The molecule has 0 spiro atoms. The fourth-order valence-corrected chi connectivity index (χ4v) is 4.54. The van der Waals surface area contributed by atoms with Gasteiger partial charge < -0.3 is 10.1 Å². The van der Waals surface area contributed by atoms with E-state index in [4.69, 9.17) is 9.72 Å². The van der Waals surface area contributed by atoms with Crippen molar-refractivity contribution < 1.29 is 9.53 Å². The van der Waals surface area contributed by atoms with Crippen LogP contribution in [0.25, 0.3) is 22.0 Å². The summed E-state index contributed by atoms with van der Waals surface area (Å²) in [5.41, 5.74) is 4.18. The number of fused-ring (bicyclic) bond motifs is 1. The number of pyridine rings is 1. The number of hydrogen-bond acceptors (Lipinski definition) is 5. The molecule has 0 aliphatic carbocycles. The van der Waals surface area contributed by atoms with Crippen LogP contribution in [0.2, 0.25) is 0 Å². The van der Waals surface area contributed by atoms with Crippen LogP contribution in [0, 0.1) is 0 Å². The van der Waals surface area contributed by atoms with Gasteiger partial charge in [-0.05, 0) is 24.5 Å². The molecule has 0 amide bonds. The minimum absolute atomic E-state index is 0.330. The van der Waals surface area contributed by atoms with Crippen molar-refractivity contribution in [2.75, 3.05) is 20.2 Å². The van der Waals surface area contributed by atoms with E-state index in [-0.39, 0.29) is 5.97 Å². The molecule has 162 valence electrons. The Morgan fingerprint density at radius 3 is 2.45 bits per heavy atom. The van der Waals surface area contributed by atoms with Crippen molar-refractivity contribution >= 4 is 16.9 Å². The lowest BCUT2D eigenvalue weighted by Gasteiger charge is -2.33. The number of ether oxygens (including phenoxy) is 1. The molecule has 0 radical (unpaired) electrons. The van der Waals surface area contributed by atoms with Crippen LogP contribution in [-0.4, -0.2) is 48.1 Å². The van der Waals surface area contributed by atoms with Crippen molar-refractivity contribution in [1.82, 2.24) is 15.2 Å². The summed E-state index contributed by atoms with van der Waals surface area (Å²) in [6.07, 6.45) is 2.20. The number of esters is 1. The van der Waals surface area contributed by atoms with Gasteiger partial charge in [0.1, 0.15) is 0 Å². The summed E-state index contributed by atoms with van der Waals surface area (Å²) in [7, 11) is 1.44. The number of benzene rings is 2. The van der Waals surface area contributed by atoms with Crippen LogP contribution in [-0.2, 0) is 11.3 Å². The monoisotopic (exact) mass is 417 g/mol. The van der Waals surface area contributed by atoms with Crippen LogP contribution in [0.5, 0.6) is 0 Å². The molecular weight excluding hydrogens is 386 g/mol. The molecule has 0 unspecified atom stereocenters. The third kappa shape index (κ3) is 4.78. The molecule has 1 saturated heterocycles. The normalized spacial score (nSPS) is 15.5. The SMILES string of the molecule is COC(=O)c1c(CN2CCC(NC(C)C)CC2)nc2ccccc2c1-c1ccccc1. The highest BCUT2D eigenvalue weighted by Gasteiger charge is 2.26. The van der Waals surface area contributed by atoms with E-state index >= 15 is 0 Å². The van der Waals surface area contributed by atoms with Crippen molar-refractivity contribution in [3.63, 3.8) is 0 Å². The van der Waals surface area contributed by atoms with Gasteiger partial charge in [-0.3, -0.25) is 9.88 Å². The molecule has 2 heterocycles. The maximum absolute atomic E-state index is 13.0. The predicted octanol–water partition coefficient (Wildman–Crippen LogP) is 4.65. The first-order valence-corrected chi connectivity index (χ1v) is 11.1. The van der Waals surface area contributed by atoms with Crippen LogP contribution in [0.3, 0.4) is 0 Å². The molecule has 0 bridgehead atoms. The first kappa shape index (κ1) is 21.5. The van der Waals surface area contributed by atoms with Gasteiger partial charge in [0.05, 0.1) is 23.9 Å². The highest BCUT2D eigenvalue weighted by atomic mass is 16.5. The number of methoxy groups -OCH3 is 1. The summed E-state index contributed by atoms with van der Waals surface area (Å²) in [4.78, 5) is 20.3. The van der Waals surface area contributed by atoms with Gasteiger partial charge in [0.2, 0.25) is 0 Å². The summed E-state index contributed by atoms with van der Waals surface area (Å²) in [5, 5.41) is 4.61. The average Bonchev–Trinajstić information content (AvgIpc) is 2.79. The van der Waals surface area contributed by atoms with Crippen LogP contribution in [0.4, 0.5) is 0 Å². The van der Waals surface area contributed by atoms with E-state index in [0.29, 0.717) is 24.2 Å². The second-order valence-electron chi connectivity index (χ2n) is 8.56. The third-order valence-corrected chi connectivity index (χ3v) is 5.95. The standard InChI is InChI=1S/C26H31N3O2/c1-18(2)27-20-13-15-29(16-14-20)17-23-25(26(30)31-3)24(19-9-5-4-6-10-19)21-11-7-8-12-22(21)28-23/h4-12,18,20,27H,13-17H2,1-3H3. The Balaban J connectivity index is 1.74. The van der Waals surface area contributed by atoms with Gasteiger partial charge in [0, 0.05) is 42.7 Å². The number of rotatable bonds is 6. The van der Waals surface area contributed by atoms with Gasteiger partial charge >= 0.3 is 5.97 Å². The molecule has 1 aliphatic rings. The van der Waals surface area contributed by atoms with E-state index in [2.05, 4.69) is 24.1 Å². The van der Waals surface area contributed by atoms with Gasteiger partial charge in [-0.15, -0.1) is 0 Å². The molecule has 5 nitrogen and oxygen atoms in total. The van der Waals surface area contributed by atoms with Crippen LogP contribution in [0.1, 0.15) is 42.7 Å². The number of nitrogens with zero attached hydrogens (tertiary/aromatic N) is 2. The number of likely N-dealkylation sites (tertiary alicyclic amines) is 1. The van der Waals surface area contributed by atoms with Gasteiger partial charge in [0.25, 0.3) is 0 Å². The quantitative estimate of drug-likeness (QED) is 0.592. The number of carbonyl (C=O) groups is 1. The fourth-order valence-electron chi connectivity index (χ4n) is 4.54. The summed E-state index contributed by atoms with van der Waals surface area (Å²) >= 11 is 0. The summed E-state index contributed by atoms with van der Waals surface area (Å²) in [5.74, 6) is -0.330. The summed E-state index contributed by atoms with van der Waals surface area (Å²) in [6, 6.07) is 19.2. The Morgan fingerprint density at radius 1 is 1.10 bits per heavy atom. The third-order valence-electron chi connectivity index (χ3n) is 5.95. The van der Waals surface area contributed by atoms with Crippen LogP contribution >= 0.6 is 0 Å². The van der Waals surface area contributed by atoms with Crippen molar-refractivity contribution in [1.29, 1.82) is 0 Å². The zero-order valence-electron chi connectivity index (χ0n) is 18.6. The van der Waals surface area contributed by atoms with Crippen LogP contribution < -0.4 is 5.32 Å². The molecule has 3 aromatic rings. The smallest absolute Gasteiger partial charge is 0.340 e. The molecule has 0 atom stereocenters. The summed E-state index contributed by atoms with van der Waals surface area (Å²) in [6.45, 7) is 7.00. The minimum atomic E-state index is -0.330. The highest BCUT2D eigenvalue weighted by Crippen LogP contribution is 2.34. The van der Waals surface area contributed by atoms with Crippen molar-refractivity contribution in [3.05, 3.63) is 65.9 Å². The Morgan fingerprint density at radius 2 is 1.77 bits per heavy atom. The molecule has 1 aromatic heterocycles. The minimum Gasteiger partial charge on any atom is -0.465 e. The zero-order valence-corrected chi connectivity index (χ0v) is 18.6. The topological polar surface area (TPSA) is 54.5 Å². The second kappa shape index (κ2) is 9.58. The molecule has 1 N–H and O–H groups in total. The van der Waals surface area contributed by atoms with Crippen molar-refractivity contribution in [2.24, 2.45) is 0 Å². The Hall–Kier alpha value is -2.76. The number of para-hydroxylation sites is 1. The molecular formula is C26H31N3O2. The zero-order chi connectivity index (χ0) is 21.8. The Labute approximate surface area is 184 Å². The first-order valence-electron chi connectivity index (χ1n) is 11.1. The largest absolute Gasteiger partial charge is 0.465 e. The number of hydrogen-bond donors (Lipinski definition) is 1. The van der Waals surface area contributed by atoms with Gasteiger partial charge in [-0.25, -0.2) is 4.79 Å². The van der Waals surface area contributed by atoms with E-state index in [1.165, 1.54) is 7.11 Å². The average molecular weight is 418 g/mol. The van der Waals surface area contributed by atoms with E-state index in [9.17, 15) is 4.79 Å².